The number of halogens is 3. The summed E-state index contributed by atoms with van der Waals surface area (Å²) in [7, 11) is 1.12. The van der Waals surface area contributed by atoms with E-state index in [4.69, 9.17) is 0 Å². The molecule has 7 heteroatoms. The first-order valence-electron chi connectivity index (χ1n) is 7.17. The molecular weight excluding hydrogens is 311 g/mol. The van der Waals surface area contributed by atoms with E-state index in [0.29, 0.717) is 0 Å². The highest BCUT2D eigenvalue weighted by Gasteiger charge is 2.34. The van der Waals surface area contributed by atoms with E-state index in [9.17, 15) is 22.8 Å². The van der Waals surface area contributed by atoms with Crippen molar-refractivity contribution in [2.24, 2.45) is 5.92 Å². The van der Waals surface area contributed by atoms with E-state index in [0.717, 1.165) is 13.2 Å². The maximum atomic E-state index is 13.0. The number of amides is 1. The zero-order chi connectivity index (χ0) is 17.6. The molecule has 1 rings (SSSR count). The summed E-state index contributed by atoms with van der Waals surface area (Å²) in [6.07, 6.45) is -4.64. The Balaban J connectivity index is 2.99. The number of benzene rings is 1. The van der Waals surface area contributed by atoms with Crippen LogP contribution in [-0.4, -0.2) is 25.0 Å². The van der Waals surface area contributed by atoms with Gasteiger partial charge in [-0.1, -0.05) is 32.0 Å². The third-order valence-electron chi connectivity index (χ3n) is 3.16. The molecule has 0 unspecified atom stereocenters. The lowest BCUT2D eigenvalue weighted by Gasteiger charge is -2.19. The molecule has 0 aliphatic carbocycles. The van der Waals surface area contributed by atoms with Gasteiger partial charge in [0.15, 0.2) is 0 Å². The molecule has 128 valence electrons. The molecule has 23 heavy (non-hydrogen) atoms. The molecule has 0 aromatic heterocycles. The standard InChI is InChI=1S/C16H20F3NO3/c1-10(2)8-14(21)20-13(15(22)23-3)9-11-6-4-5-7-12(11)16(17,18)19/h4-7,10,13H,8-9H2,1-3H3,(H,20,21)/t13-/m1/s1. The largest absolute Gasteiger partial charge is 0.467 e. The van der Waals surface area contributed by atoms with Gasteiger partial charge in [-0.3, -0.25) is 4.79 Å². The summed E-state index contributed by atoms with van der Waals surface area (Å²) in [6, 6.07) is 3.80. The van der Waals surface area contributed by atoms with Crippen LogP contribution in [0.1, 0.15) is 31.4 Å². The molecule has 0 aliphatic rings. The van der Waals surface area contributed by atoms with Crippen molar-refractivity contribution in [1.82, 2.24) is 5.32 Å². The quantitative estimate of drug-likeness (QED) is 0.816. The lowest BCUT2D eigenvalue weighted by Crippen LogP contribution is -2.43. The van der Waals surface area contributed by atoms with Crippen LogP contribution in [0.3, 0.4) is 0 Å². The number of ether oxygens (including phenoxy) is 1. The van der Waals surface area contributed by atoms with E-state index in [1.54, 1.807) is 0 Å². The molecule has 1 aromatic carbocycles. The maximum absolute atomic E-state index is 13.0. The van der Waals surface area contributed by atoms with Crippen molar-refractivity contribution in [3.63, 3.8) is 0 Å². The van der Waals surface area contributed by atoms with Crippen LogP contribution < -0.4 is 5.32 Å². The first-order chi connectivity index (χ1) is 10.6. The number of hydrogen-bond acceptors (Lipinski definition) is 3. The second kappa shape index (κ2) is 7.99. The van der Waals surface area contributed by atoms with Crippen LogP contribution in [0.25, 0.3) is 0 Å². The van der Waals surface area contributed by atoms with Gasteiger partial charge in [0.05, 0.1) is 12.7 Å². The second-order valence-electron chi connectivity index (χ2n) is 5.60. The van der Waals surface area contributed by atoms with Crippen LogP contribution >= 0.6 is 0 Å². The van der Waals surface area contributed by atoms with Gasteiger partial charge in [-0.05, 0) is 17.5 Å². The molecule has 1 atom stereocenters. The summed E-state index contributed by atoms with van der Waals surface area (Å²) >= 11 is 0. The van der Waals surface area contributed by atoms with Crippen LogP contribution in [0.15, 0.2) is 24.3 Å². The second-order valence-corrected chi connectivity index (χ2v) is 5.60. The van der Waals surface area contributed by atoms with Gasteiger partial charge < -0.3 is 10.1 Å². The minimum absolute atomic E-state index is 0.0655. The van der Waals surface area contributed by atoms with E-state index in [2.05, 4.69) is 10.1 Å². The van der Waals surface area contributed by atoms with Crippen molar-refractivity contribution in [3.05, 3.63) is 35.4 Å². The molecule has 0 saturated heterocycles. The summed E-state index contributed by atoms with van der Waals surface area (Å²) in [6.45, 7) is 3.65. The minimum atomic E-state index is -4.53. The van der Waals surface area contributed by atoms with Gasteiger partial charge in [0, 0.05) is 12.8 Å². The number of esters is 1. The number of nitrogens with one attached hydrogen (secondary N) is 1. The van der Waals surface area contributed by atoms with Crippen molar-refractivity contribution in [1.29, 1.82) is 0 Å². The number of carbonyl (C=O) groups excluding carboxylic acids is 2. The Labute approximate surface area is 133 Å². The van der Waals surface area contributed by atoms with E-state index >= 15 is 0 Å². The Hall–Kier alpha value is -2.05. The first kappa shape index (κ1) is 19.0. The molecule has 1 aromatic rings. The molecule has 0 bridgehead atoms. The van der Waals surface area contributed by atoms with Gasteiger partial charge in [-0.25, -0.2) is 4.79 Å². The molecule has 0 spiro atoms. The zero-order valence-electron chi connectivity index (χ0n) is 13.2. The molecule has 1 N–H and O–H groups in total. The molecule has 0 radical (unpaired) electrons. The third kappa shape index (κ3) is 5.92. The first-order valence-corrected chi connectivity index (χ1v) is 7.17. The van der Waals surface area contributed by atoms with E-state index in [1.807, 2.05) is 13.8 Å². The van der Waals surface area contributed by atoms with Crippen LogP contribution in [-0.2, 0) is 26.9 Å². The fourth-order valence-corrected chi connectivity index (χ4v) is 2.15. The predicted molar refractivity (Wildman–Crippen MR) is 78.5 cm³/mol. The summed E-state index contributed by atoms with van der Waals surface area (Å²) in [5, 5.41) is 2.45. The lowest BCUT2D eigenvalue weighted by atomic mass is 9.99. The average Bonchev–Trinajstić information content (AvgIpc) is 2.44. The maximum Gasteiger partial charge on any atom is 0.416 e. The summed E-state index contributed by atoms with van der Waals surface area (Å²) in [5.41, 5.74) is -0.896. The van der Waals surface area contributed by atoms with Crippen molar-refractivity contribution >= 4 is 11.9 Å². The fourth-order valence-electron chi connectivity index (χ4n) is 2.15. The lowest BCUT2D eigenvalue weighted by molar-refractivity contribution is -0.145. The molecule has 0 heterocycles. The summed E-state index contributed by atoms with van der Waals surface area (Å²) in [5.74, 6) is -1.12. The fraction of sp³-hybridized carbons (Fsp3) is 0.500. The van der Waals surface area contributed by atoms with Crippen molar-refractivity contribution in [3.8, 4) is 0 Å². The van der Waals surface area contributed by atoms with Gasteiger partial charge in [-0.2, -0.15) is 13.2 Å². The average molecular weight is 331 g/mol. The van der Waals surface area contributed by atoms with E-state index in [-0.39, 0.29) is 24.3 Å². The molecular formula is C16H20F3NO3. The zero-order valence-corrected chi connectivity index (χ0v) is 13.2. The van der Waals surface area contributed by atoms with Crippen LogP contribution in [0.2, 0.25) is 0 Å². The highest BCUT2D eigenvalue weighted by molar-refractivity contribution is 5.84. The number of rotatable bonds is 6. The van der Waals surface area contributed by atoms with Crippen molar-refractivity contribution in [2.75, 3.05) is 7.11 Å². The van der Waals surface area contributed by atoms with E-state index in [1.165, 1.54) is 18.2 Å². The van der Waals surface area contributed by atoms with Crippen LogP contribution in [0.5, 0.6) is 0 Å². The highest BCUT2D eigenvalue weighted by Crippen LogP contribution is 2.32. The topological polar surface area (TPSA) is 55.4 Å². The SMILES string of the molecule is COC(=O)[C@@H](Cc1ccccc1C(F)(F)F)NC(=O)CC(C)C. The minimum Gasteiger partial charge on any atom is -0.467 e. The van der Waals surface area contributed by atoms with Gasteiger partial charge in [-0.15, -0.1) is 0 Å². The smallest absolute Gasteiger partial charge is 0.416 e. The third-order valence-corrected chi connectivity index (χ3v) is 3.16. The van der Waals surface area contributed by atoms with Crippen LogP contribution in [0.4, 0.5) is 13.2 Å². The van der Waals surface area contributed by atoms with Gasteiger partial charge >= 0.3 is 12.1 Å². The molecule has 0 fully saturated rings. The Morgan fingerprint density at radius 3 is 2.35 bits per heavy atom. The number of methoxy groups -OCH3 is 1. The molecule has 0 saturated carbocycles. The van der Waals surface area contributed by atoms with Crippen LogP contribution in [0, 0.1) is 5.92 Å². The monoisotopic (exact) mass is 331 g/mol. The Bertz CT molecular complexity index is 556. The Morgan fingerprint density at radius 1 is 1.22 bits per heavy atom. The van der Waals surface area contributed by atoms with Crippen molar-refractivity contribution in [2.45, 2.75) is 38.9 Å². The van der Waals surface area contributed by atoms with Crippen molar-refractivity contribution < 1.29 is 27.5 Å². The number of carbonyl (C=O) groups is 2. The van der Waals surface area contributed by atoms with Gasteiger partial charge in [0.2, 0.25) is 5.91 Å². The molecule has 1 amide bonds. The van der Waals surface area contributed by atoms with Gasteiger partial charge in [0.1, 0.15) is 6.04 Å². The highest BCUT2D eigenvalue weighted by atomic mass is 19.4. The van der Waals surface area contributed by atoms with Gasteiger partial charge in [0.25, 0.3) is 0 Å². The summed E-state index contributed by atoms with van der Waals surface area (Å²) < 4.78 is 43.6. The Kier molecular flexibility index (Phi) is 6.60. The Morgan fingerprint density at radius 2 is 1.83 bits per heavy atom. The molecule has 4 nitrogen and oxygen atoms in total. The number of alkyl halides is 3. The normalized spacial score (nSPS) is 12.8. The summed E-state index contributed by atoms with van der Waals surface area (Å²) in [4.78, 5) is 23.6. The molecule has 0 aliphatic heterocycles. The van der Waals surface area contributed by atoms with E-state index < -0.39 is 29.7 Å². The predicted octanol–water partition coefficient (Wildman–Crippen LogP) is 2.95. The number of hydrogen-bond donors (Lipinski definition) is 1.